The van der Waals surface area contributed by atoms with E-state index < -0.39 is 10.0 Å². The molecule has 2 saturated heterocycles. The summed E-state index contributed by atoms with van der Waals surface area (Å²) >= 11 is 0. The summed E-state index contributed by atoms with van der Waals surface area (Å²) in [5.41, 5.74) is 0.212. The van der Waals surface area contributed by atoms with Gasteiger partial charge in [0.1, 0.15) is 0 Å². The summed E-state index contributed by atoms with van der Waals surface area (Å²) in [6, 6.07) is 6.05. The average Bonchev–Trinajstić information content (AvgIpc) is 3.24. The number of rotatable bonds is 9. The number of benzene rings is 1. The van der Waals surface area contributed by atoms with Gasteiger partial charge in [0.2, 0.25) is 27.7 Å². The molecule has 1 aromatic rings. The third-order valence-electron chi connectivity index (χ3n) is 6.71. The lowest BCUT2D eigenvalue weighted by Crippen LogP contribution is -2.46. The predicted molar refractivity (Wildman–Crippen MR) is 136 cm³/mol. The van der Waals surface area contributed by atoms with Gasteiger partial charge in [0.25, 0.3) is 0 Å². The molecular weight excluding hydrogens is 484 g/mol. The normalized spacial score (nSPS) is 19.6. The van der Waals surface area contributed by atoms with Crippen molar-refractivity contribution in [2.75, 3.05) is 45.2 Å². The van der Waals surface area contributed by atoms with Crippen LogP contribution in [0.25, 0.3) is 0 Å². The van der Waals surface area contributed by atoms with Crippen LogP contribution in [0.15, 0.2) is 29.2 Å². The standard InChI is InChI=1S/C25H38N4O6S/c1-25(2,3)29-17-19(16-22(29)30)24(32)28-13-10-18(11-14-28)23(31)27-20-6-8-21(9-7-20)36(33,34)26-12-5-15-35-4/h6-9,18-19,26H,5,10-17H2,1-4H3,(H,27,31). The number of anilines is 1. The number of sulfonamides is 1. The van der Waals surface area contributed by atoms with Crippen LogP contribution >= 0.6 is 0 Å². The van der Waals surface area contributed by atoms with Crippen molar-refractivity contribution in [3.63, 3.8) is 0 Å². The van der Waals surface area contributed by atoms with Gasteiger partial charge in [-0.15, -0.1) is 0 Å². The second-order valence-electron chi connectivity index (χ2n) is 10.4. The lowest BCUT2D eigenvalue weighted by Gasteiger charge is -2.34. The van der Waals surface area contributed by atoms with Gasteiger partial charge in [-0.3, -0.25) is 14.4 Å². The Morgan fingerprint density at radius 2 is 1.72 bits per heavy atom. The van der Waals surface area contributed by atoms with Crippen molar-refractivity contribution in [3.05, 3.63) is 24.3 Å². The third kappa shape index (κ3) is 7.04. The number of nitrogens with one attached hydrogen (secondary N) is 2. The van der Waals surface area contributed by atoms with E-state index in [1.165, 1.54) is 12.1 Å². The number of carbonyl (C=O) groups is 3. The second-order valence-corrected chi connectivity index (χ2v) is 12.2. The van der Waals surface area contributed by atoms with Crippen molar-refractivity contribution in [3.8, 4) is 0 Å². The number of methoxy groups -OCH3 is 1. The Kier molecular flexibility index (Phi) is 9.13. The number of hydrogen-bond acceptors (Lipinski definition) is 6. The highest BCUT2D eigenvalue weighted by molar-refractivity contribution is 7.89. The second kappa shape index (κ2) is 11.7. The van der Waals surface area contributed by atoms with Gasteiger partial charge in [-0.05, 0) is 64.3 Å². The summed E-state index contributed by atoms with van der Waals surface area (Å²) < 4.78 is 32.1. The first-order valence-corrected chi connectivity index (χ1v) is 13.9. The summed E-state index contributed by atoms with van der Waals surface area (Å²) in [5, 5.41) is 2.85. The first-order chi connectivity index (χ1) is 16.9. The summed E-state index contributed by atoms with van der Waals surface area (Å²) in [6.45, 7) is 8.04. The van der Waals surface area contributed by atoms with Gasteiger partial charge >= 0.3 is 0 Å². The number of carbonyl (C=O) groups excluding carboxylic acids is 3. The zero-order valence-electron chi connectivity index (χ0n) is 21.6. The Balaban J connectivity index is 1.48. The molecule has 200 valence electrons. The molecule has 2 N–H and O–H groups in total. The largest absolute Gasteiger partial charge is 0.385 e. The van der Waals surface area contributed by atoms with Crippen molar-refractivity contribution in [1.82, 2.24) is 14.5 Å². The van der Waals surface area contributed by atoms with Crippen LogP contribution in [0, 0.1) is 11.8 Å². The van der Waals surface area contributed by atoms with E-state index in [0.29, 0.717) is 51.2 Å². The fourth-order valence-electron chi connectivity index (χ4n) is 4.61. The Morgan fingerprint density at radius 3 is 2.28 bits per heavy atom. The maximum absolute atomic E-state index is 13.0. The van der Waals surface area contributed by atoms with Crippen LogP contribution in [-0.2, 0) is 29.1 Å². The van der Waals surface area contributed by atoms with Crippen LogP contribution in [0.3, 0.4) is 0 Å². The molecule has 10 nitrogen and oxygen atoms in total. The van der Waals surface area contributed by atoms with Gasteiger partial charge in [0.05, 0.1) is 10.8 Å². The SMILES string of the molecule is COCCCNS(=O)(=O)c1ccc(NC(=O)C2CCN(C(=O)C3CC(=O)N(C(C)(C)C)C3)CC2)cc1. The first-order valence-electron chi connectivity index (χ1n) is 12.4. The van der Waals surface area contributed by atoms with Gasteiger partial charge in [-0.2, -0.15) is 0 Å². The quantitative estimate of drug-likeness (QED) is 0.477. The molecule has 1 aromatic carbocycles. The molecule has 0 spiro atoms. The summed E-state index contributed by atoms with van der Waals surface area (Å²) in [6.07, 6.45) is 1.89. The van der Waals surface area contributed by atoms with Gasteiger partial charge in [0, 0.05) is 63.5 Å². The highest BCUT2D eigenvalue weighted by atomic mass is 32.2. The van der Waals surface area contributed by atoms with Crippen molar-refractivity contribution in [2.45, 2.75) is 56.9 Å². The van der Waals surface area contributed by atoms with Crippen LogP contribution in [0.2, 0.25) is 0 Å². The third-order valence-corrected chi connectivity index (χ3v) is 8.19. The Labute approximate surface area is 213 Å². The number of ether oxygens (including phenoxy) is 1. The Morgan fingerprint density at radius 1 is 1.08 bits per heavy atom. The minimum atomic E-state index is -3.62. The molecule has 0 radical (unpaired) electrons. The highest BCUT2D eigenvalue weighted by Gasteiger charge is 2.41. The molecule has 0 aliphatic carbocycles. The van der Waals surface area contributed by atoms with E-state index in [1.54, 1.807) is 29.0 Å². The van der Waals surface area contributed by atoms with E-state index >= 15 is 0 Å². The molecule has 11 heteroatoms. The number of likely N-dealkylation sites (tertiary alicyclic amines) is 2. The number of piperidine rings is 1. The molecule has 0 aromatic heterocycles. The molecule has 0 bridgehead atoms. The fraction of sp³-hybridized carbons (Fsp3) is 0.640. The minimum Gasteiger partial charge on any atom is -0.385 e. The van der Waals surface area contributed by atoms with Crippen LogP contribution < -0.4 is 10.0 Å². The van der Waals surface area contributed by atoms with Crippen LogP contribution in [0.5, 0.6) is 0 Å². The molecule has 0 saturated carbocycles. The smallest absolute Gasteiger partial charge is 0.240 e. The average molecular weight is 523 g/mol. The number of amides is 3. The van der Waals surface area contributed by atoms with Gasteiger partial charge < -0.3 is 19.9 Å². The molecule has 2 aliphatic heterocycles. The summed E-state index contributed by atoms with van der Waals surface area (Å²) in [5.74, 6) is -0.717. The predicted octanol–water partition coefficient (Wildman–Crippen LogP) is 1.83. The van der Waals surface area contributed by atoms with Crippen molar-refractivity contribution < 1.29 is 27.5 Å². The number of hydrogen-bond donors (Lipinski definition) is 2. The molecule has 2 fully saturated rings. The zero-order valence-corrected chi connectivity index (χ0v) is 22.4. The van der Waals surface area contributed by atoms with E-state index in [9.17, 15) is 22.8 Å². The summed E-state index contributed by atoms with van der Waals surface area (Å²) in [7, 11) is -2.06. The van der Waals surface area contributed by atoms with Gasteiger partial charge in [-0.1, -0.05) is 0 Å². The molecule has 1 unspecified atom stereocenters. The first kappa shape index (κ1) is 28.1. The highest BCUT2D eigenvalue weighted by Crippen LogP contribution is 2.29. The maximum atomic E-state index is 13.0. The van der Waals surface area contributed by atoms with E-state index in [2.05, 4.69) is 10.0 Å². The maximum Gasteiger partial charge on any atom is 0.240 e. The topological polar surface area (TPSA) is 125 Å². The molecule has 2 heterocycles. The molecule has 3 amide bonds. The van der Waals surface area contributed by atoms with Crippen molar-refractivity contribution in [2.24, 2.45) is 11.8 Å². The van der Waals surface area contributed by atoms with Crippen molar-refractivity contribution in [1.29, 1.82) is 0 Å². The molecule has 1 atom stereocenters. The van der Waals surface area contributed by atoms with Gasteiger partial charge in [0.15, 0.2) is 0 Å². The van der Waals surface area contributed by atoms with E-state index in [0.717, 1.165) is 0 Å². The summed E-state index contributed by atoms with van der Waals surface area (Å²) in [4.78, 5) is 41.8. The lowest BCUT2D eigenvalue weighted by molar-refractivity contribution is -0.138. The molecular formula is C25H38N4O6S. The fourth-order valence-corrected chi connectivity index (χ4v) is 5.68. The number of nitrogens with zero attached hydrogens (tertiary/aromatic N) is 2. The van der Waals surface area contributed by atoms with Gasteiger partial charge in [-0.25, -0.2) is 13.1 Å². The zero-order chi connectivity index (χ0) is 26.5. The molecule has 2 aliphatic rings. The van der Waals surface area contributed by atoms with Crippen LogP contribution in [0.1, 0.15) is 46.5 Å². The lowest BCUT2D eigenvalue weighted by atomic mass is 9.94. The molecule has 36 heavy (non-hydrogen) atoms. The van der Waals surface area contributed by atoms with E-state index in [4.69, 9.17) is 4.74 Å². The van der Waals surface area contributed by atoms with E-state index in [-0.39, 0.29) is 53.0 Å². The van der Waals surface area contributed by atoms with Crippen molar-refractivity contribution >= 4 is 33.4 Å². The molecule has 3 rings (SSSR count). The monoisotopic (exact) mass is 522 g/mol. The Hall–Kier alpha value is -2.50. The van der Waals surface area contributed by atoms with Crippen LogP contribution in [-0.4, -0.2) is 81.4 Å². The van der Waals surface area contributed by atoms with E-state index in [1.807, 2.05) is 20.8 Å². The van der Waals surface area contributed by atoms with Crippen LogP contribution in [0.4, 0.5) is 5.69 Å². The Bertz CT molecular complexity index is 1040. The minimum absolute atomic E-state index is 0.0100.